The van der Waals surface area contributed by atoms with Gasteiger partial charge in [0.15, 0.2) is 11.5 Å². The zero-order valence-electron chi connectivity index (χ0n) is 16.3. The lowest BCUT2D eigenvalue weighted by Crippen LogP contribution is -2.44. The molecule has 0 aliphatic carbocycles. The second-order valence-electron chi connectivity index (χ2n) is 7.69. The van der Waals surface area contributed by atoms with Gasteiger partial charge in [-0.25, -0.2) is 4.98 Å². The number of thioether (sulfide) groups is 1. The van der Waals surface area contributed by atoms with Crippen LogP contribution >= 0.6 is 11.8 Å². The molecule has 9 heteroatoms. The van der Waals surface area contributed by atoms with Crippen molar-refractivity contribution < 1.29 is 4.74 Å². The minimum Gasteiger partial charge on any atom is -0.377 e. The summed E-state index contributed by atoms with van der Waals surface area (Å²) < 4.78 is 7.40. The van der Waals surface area contributed by atoms with Crippen LogP contribution in [0.25, 0.3) is 16.9 Å². The van der Waals surface area contributed by atoms with E-state index in [2.05, 4.69) is 39.3 Å². The predicted octanol–water partition coefficient (Wildman–Crippen LogP) is 2.66. The lowest BCUT2D eigenvalue weighted by atomic mass is 9.76. The number of rotatable bonds is 3. The van der Waals surface area contributed by atoms with Gasteiger partial charge in [-0.2, -0.15) is 31.9 Å². The molecule has 8 nitrogen and oxygen atoms in total. The van der Waals surface area contributed by atoms with E-state index in [1.165, 1.54) is 0 Å². The Bertz CT molecular complexity index is 1050. The lowest BCUT2D eigenvalue weighted by Gasteiger charge is -2.36. The van der Waals surface area contributed by atoms with Gasteiger partial charge in [-0.3, -0.25) is 5.10 Å². The van der Waals surface area contributed by atoms with E-state index >= 15 is 0 Å². The van der Waals surface area contributed by atoms with Crippen LogP contribution < -0.4 is 4.90 Å². The van der Waals surface area contributed by atoms with Crippen LogP contribution in [0.4, 0.5) is 5.82 Å². The Morgan fingerprint density at radius 1 is 1.38 bits per heavy atom. The normalized spacial score (nSPS) is 21.9. The Morgan fingerprint density at radius 2 is 2.24 bits per heavy atom. The molecule has 1 N–H and O–H groups in total. The number of fused-ring (bicyclic) bond motifs is 1. The third-order valence-electron chi connectivity index (χ3n) is 5.98. The SMILES string of the molecule is C[C@@H]1COCCN1c1cc(C2(C#N)CCSCC2)c2cnn(-c3ccn[nH]3)c2n1. The number of pyridine rings is 1. The van der Waals surface area contributed by atoms with E-state index in [0.29, 0.717) is 13.2 Å². The zero-order valence-corrected chi connectivity index (χ0v) is 17.2. The van der Waals surface area contributed by atoms with Crippen LogP contribution in [0, 0.1) is 11.3 Å². The number of hydrogen-bond donors (Lipinski definition) is 1. The zero-order chi connectivity index (χ0) is 19.8. The molecule has 0 saturated carbocycles. The van der Waals surface area contributed by atoms with E-state index < -0.39 is 5.41 Å². The predicted molar refractivity (Wildman–Crippen MR) is 112 cm³/mol. The molecule has 2 aliphatic heterocycles. The van der Waals surface area contributed by atoms with Gasteiger partial charge in [0.1, 0.15) is 5.82 Å². The van der Waals surface area contributed by atoms with Crippen molar-refractivity contribution in [1.82, 2.24) is 25.0 Å². The van der Waals surface area contributed by atoms with Crippen molar-refractivity contribution in [3.05, 3.63) is 30.1 Å². The van der Waals surface area contributed by atoms with E-state index in [9.17, 15) is 5.26 Å². The first-order valence-electron chi connectivity index (χ1n) is 9.94. The van der Waals surface area contributed by atoms with Crippen LogP contribution in [0.15, 0.2) is 24.5 Å². The number of aromatic amines is 1. The number of anilines is 1. The van der Waals surface area contributed by atoms with Crippen molar-refractivity contribution in [2.45, 2.75) is 31.2 Å². The smallest absolute Gasteiger partial charge is 0.167 e. The van der Waals surface area contributed by atoms with Crippen molar-refractivity contribution in [3.63, 3.8) is 0 Å². The van der Waals surface area contributed by atoms with E-state index in [-0.39, 0.29) is 6.04 Å². The van der Waals surface area contributed by atoms with Gasteiger partial charge in [0.05, 0.1) is 43.1 Å². The molecule has 2 aliphatic rings. The molecular formula is C20H23N7OS. The van der Waals surface area contributed by atoms with Gasteiger partial charge in [0, 0.05) is 18.0 Å². The first kappa shape index (κ1) is 18.5. The number of hydrogen-bond acceptors (Lipinski definition) is 7. The first-order valence-corrected chi connectivity index (χ1v) is 11.1. The number of ether oxygens (including phenoxy) is 1. The average molecular weight is 410 g/mol. The van der Waals surface area contributed by atoms with Crippen molar-refractivity contribution in [1.29, 1.82) is 5.26 Å². The molecule has 29 heavy (non-hydrogen) atoms. The topological polar surface area (TPSA) is 95.6 Å². The number of nitrogens with zero attached hydrogens (tertiary/aromatic N) is 6. The second kappa shape index (κ2) is 7.35. The van der Waals surface area contributed by atoms with Crippen LogP contribution in [-0.2, 0) is 10.2 Å². The highest BCUT2D eigenvalue weighted by atomic mass is 32.2. The summed E-state index contributed by atoms with van der Waals surface area (Å²) in [5, 5.41) is 22.8. The molecule has 0 spiro atoms. The molecule has 1 atom stereocenters. The van der Waals surface area contributed by atoms with Crippen molar-refractivity contribution >= 4 is 28.6 Å². The maximum Gasteiger partial charge on any atom is 0.167 e. The molecule has 5 heterocycles. The largest absolute Gasteiger partial charge is 0.377 e. The fraction of sp³-hybridized carbons (Fsp3) is 0.500. The van der Waals surface area contributed by atoms with Crippen molar-refractivity contribution in [2.75, 3.05) is 36.2 Å². The number of aromatic nitrogens is 5. The van der Waals surface area contributed by atoms with Gasteiger partial charge in [-0.1, -0.05) is 0 Å². The van der Waals surface area contributed by atoms with Gasteiger partial charge in [-0.05, 0) is 42.9 Å². The Kier molecular flexibility index (Phi) is 4.68. The number of nitrogens with one attached hydrogen (secondary N) is 1. The summed E-state index contributed by atoms with van der Waals surface area (Å²) in [4.78, 5) is 7.27. The summed E-state index contributed by atoms with van der Waals surface area (Å²) in [6.07, 6.45) is 5.24. The van der Waals surface area contributed by atoms with E-state index in [1.807, 2.05) is 24.0 Å². The van der Waals surface area contributed by atoms with Gasteiger partial charge in [-0.15, -0.1) is 0 Å². The standard InChI is InChI=1S/C20H23N7OS/c1-14-12-28-7-6-26(14)18-10-16(20(13-21)3-8-29-9-4-20)15-11-23-27(19(15)24-18)17-2-5-22-25-17/h2,5,10-11,14H,3-4,6-9,12H2,1H3,(H,22,25)/t14-/m1/s1. The van der Waals surface area contributed by atoms with Crippen LogP contribution in [0.1, 0.15) is 25.3 Å². The molecule has 0 radical (unpaired) electrons. The van der Waals surface area contributed by atoms with Crippen molar-refractivity contribution in [3.8, 4) is 11.9 Å². The minimum absolute atomic E-state index is 0.227. The third-order valence-corrected chi connectivity index (χ3v) is 6.97. The molecule has 0 aromatic carbocycles. The second-order valence-corrected chi connectivity index (χ2v) is 8.91. The van der Waals surface area contributed by atoms with Gasteiger partial charge >= 0.3 is 0 Å². The Labute approximate surface area is 173 Å². The van der Waals surface area contributed by atoms with Gasteiger partial charge in [0.2, 0.25) is 0 Å². The summed E-state index contributed by atoms with van der Waals surface area (Å²) in [5.41, 5.74) is 1.30. The Hall–Kier alpha value is -2.57. The van der Waals surface area contributed by atoms with Crippen molar-refractivity contribution in [2.24, 2.45) is 0 Å². The first-order chi connectivity index (χ1) is 14.2. The molecule has 3 aromatic rings. The number of nitriles is 1. The summed E-state index contributed by atoms with van der Waals surface area (Å²) in [6, 6.07) is 6.89. The summed E-state index contributed by atoms with van der Waals surface area (Å²) in [5.74, 6) is 3.64. The van der Waals surface area contributed by atoms with Gasteiger partial charge < -0.3 is 9.64 Å². The van der Waals surface area contributed by atoms with Crippen LogP contribution in [0.5, 0.6) is 0 Å². The highest BCUT2D eigenvalue weighted by molar-refractivity contribution is 7.99. The lowest BCUT2D eigenvalue weighted by molar-refractivity contribution is 0.0985. The fourth-order valence-electron chi connectivity index (χ4n) is 4.30. The number of morpholine rings is 1. The summed E-state index contributed by atoms with van der Waals surface area (Å²) in [7, 11) is 0. The highest BCUT2D eigenvalue weighted by Crippen LogP contribution is 2.42. The minimum atomic E-state index is -0.501. The third kappa shape index (κ3) is 3.07. The molecule has 3 aromatic heterocycles. The Morgan fingerprint density at radius 3 is 2.97 bits per heavy atom. The number of H-pyrrole nitrogens is 1. The molecule has 150 valence electrons. The maximum absolute atomic E-state index is 10.2. The summed E-state index contributed by atoms with van der Waals surface area (Å²) >= 11 is 1.92. The van der Waals surface area contributed by atoms with E-state index in [0.717, 1.165) is 59.1 Å². The van der Waals surface area contributed by atoms with Crippen LogP contribution in [0.2, 0.25) is 0 Å². The fourth-order valence-corrected chi connectivity index (χ4v) is 5.49. The average Bonchev–Trinajstić information content (AvgIpc) is 3.43. The molecule has 2 fully saturated rings. The summed E-state index contributed by atoms with van der Waals surface area (Å²) in [6.45, 7) is 4.29. The van der Waals surface area contributed by atoms with E-state index in [1.54, 1.807) is 10.9 Å². The van der Waals surface area contributed by atoms with Crippen LogP contribution in [0.3, 0.4) is 0 Å². The maximum atomic E-state index is 10.2. The van der Waals surface area contributed by atoms with Crippen LogP contribution in [-0.4, -0.2) is 62.3 Å². The molecule has 2 saturated heterocycles. The van der Waals surface area contributed by atoms with Gasteiger partial charge in [0.25, 0.3) is 0 Å². The molecule has 0 bridgehead atoms. The molecular weight excluding hydrogens is 386 g/mol. The monoisotopic (exact) mass is 409 g/mol. The highest BCUT2D eigenvalue weighted by Gasteiger charge is 2.38. The quantitative estimate of drug-likeness (QED) is 0.710. The molecule has 0 amide bonds. The molecule has 0 unspecified atom stereocenters. The Balaban J connectivity index is 1.74. The van der Waals surface area contributed by atoms with E-state index in [4.69, 9.17) is 9.72 Å². The molecule has 5 rings (SSSR count).